The third kappa shape index (κ3) is 2.88. The minimum atomic E-state index is -0.854. The van der Waals surface area contributed by atoms with Crippen LogP contribution < -0.4 is 5.32 Å². The van der Waals surface area contributed by atoms with Crippen LogP contribution in [0.1, 0.15) is 6.92 Å². The Bertz CT molecular complexity index is 522. The molecule has 0 spiro atoms. The molecule has 0 amide bonds. The largest absolute Gasteiger partial charge is 0.480 e. The van der Waals surface area contributed by atoms with E-state index in [0.717, 1.165) is 16.5 Å². The number of hydrogen-bond donors (Lipinski definition) is 2. The van der Waals surface area contributed by atoms with E-state index in [1.54, 1.807) is 6.92 Å². The number of anilines is 1. The number of aliphatic carboxylic acids is 1. The molecule has 0 saturated heterocycles. The maximum Gasteiger partial charge on any atom is 0.325 e. The van der Waals surface area contributed by atoms with Crippen molar-refractivity contribution in [3.05, 3.63) is 42.5 Å². The molecule has 0 aliphatic heterocycles. The van der Waals surface area contributed by atoms with Gasteiger partial charge in [0.25, 0.3) is 0 Å². The van der Waals surface area contributed by atoms with Gasteiger partial charge >= 0.3 is 5.97 Å². The van der Waals surface area contributed by atoms with Gasteiger partial charge < -0.3 is 10.4 Å². The number of carboxylic acid groups (broad SMARTS) is 1. The van der Waals surface area contributed by atoms with Crippen LogP contribution in [0.4, 0.5) is 5.69 Å². The van der Waals surface area contributed by atoms with E-state index in [-0.39, 0.29) is 12.4 Å². The van der Waals surface area contributed by atoms with Crippen molar-refractivity contribution >= 4 is 34.8 Å². The Morgan fingerprint density at radius 1 is 1.18 bits per heavy atom. The zero-order valence-electron chi connectivity index (χ0n) is 9.38. The molecular weight excluding hydrogens is 238 g/mol. The second-order valence-corrected chi connectivity index (χ2v) is 3.73. The summed E-state index contributed by atoms with van der Waals surface area (Å²) >= 11 is 0. The Labute approximate surface area is 106 Å². The van der Waals surface area contributed by atoms with Crippen LogP contribution in [-0.4, -0.2) is 17.1 Å². The van der Waals surface area contributed by atoms with Gasteiger partial charge in [-0.3, -0.25) is 4.79 Å². The van der Waals surface area contributed by atoms with Gasteiger partial charge in [-0.05, 0) is 18.4 Å². The minimum absolute atomic E-state index is 0. The summed E-state index contributed by atoms with van der Waals surface area (Å²) in [5.41, 5.74) is 0.855. The molecule has 90 valence electrons. The van der Waals surface area contributed by atoms with Crippen LogP contribution >= 0.6 is 12.4 Å². The molecule has 0 radical (unpaired) electrons. The molecule has 2 rings (SSSR count). The van der Waals surface area contributed by atoms with E-state index in [0.29, 0.717) is 0 Å². The van der Waals surface area contributed by atoms with Crippen LogP contribution in [0.15, 0.2) is 42.5 Å². The highest BCUT2D eigenvalue weighted by atomic mass is 35.5. The van der Waals surface area contributed by atoms with E-state index in [1.807, 2.05) is 42.5 Å². The van der Waals surface area contributed by atoms with Gasteiger partial charge in [-0.2, -0.15) is 0 Å². The summed E-state index contributed by atoms with van der Waals surface area (Å²) in [4.78, 5) is 10.8. The number of nitrogens with one attached hydrogen (secondary N) is 1. The van der Waals surface area contributed by atoms with E-state index in [1.165, 1.54) is 0 Å². The molecule has 2 aromatic rings. The number of halogens is 1. The maximum atomic E-state index is 10.8. The Hall–Kier alpha value is -1.74. The van der Waals surface area contributed by atoms with Crippen LogP contribution in [0.2, 0.25) is 0 Å². The van der Waals surface area contributed by atoms with E-state index < -0.39 is 12.0 Å². The smallest absolute Gasteiger partial charge is 0.325 e. The van der Waals surface area contributed by atoms with Gasteiger partial charge in [-0.25, -0.2) is 0 Å². The molecule has 3 nitrogen and oxygen atoms in total. The number of carboxylic acids is 1. The van der Waals surface area contributed by atoms with Gasteiger partial charge in [0, 0.05) is 11.1 Å². The predicted octanol–water partition coefficient (Wildman–Crippen LogP) is 3.15. The molecule has 17 heavy (non-hydrogen) atoms. The summed E-state index contributed by atoms with van der Waals surface area (Å²) in [5.74, 6) is -0.854. The quantitative estimate of drug-likeness (QED) is 0.881. The lowest BCUT2D eigenvalue weighted by molar-refractivity contribution is -0.137. The van der Waals surface area contributed by atoms with Crippen molar-refractivity contribution in [3.8, 4) is 0 Å². The molecule has 2 N–H and O–H groups in total. The molecule has 0 aliphatic rings. The fraction of sp³-hybridized carbons (Fsp3) is 0.154. The lowest BCUT2D eigenvalue weighted by atomic mass is 10.1. The topological polar surface area (TPSA) is 49.3 Å². The molecule has 0 saturated carbocycles. The maximum absolute atomic E-state index is 10.8. The standard InChI is InChI=1S/C13H13NO2.ClH/c1-9(13(15)16)14-12-8-4-6-10-5-2-3-7-11(10)12;/h2-9,14H,1H3,(H,15,16);1H/t9-;/m0./s1. The first-order chi connectivity index (χ1) is 7.68. The molecular formula is C13H14ClNO2. The van der Waals surface area contributed by atoms with Crippen molar-refractivity contribution < 1.29 is 9.90 Å². The van der Waals surface area contributed by atoms with E-state index in [9.17, 15) is 4.79 Å². The van der Waals surface area contributed by atoms with Crippen molar-refractivity contribution in [3.63, 3.8) is 0 Å². The van der Waals surface area contributed by atoms with Crippen molar-refractivity contribution in [1.29, 1.82) is 0 Å². The van der Waals surface area contributed by atoms with E-state index in [2.05, 4.69) is 5.32 Å². The first-order valence-electron chi connectivity index (χ1n) is 5.15. The van der Waals surface area contributed by atoms with Crippen molar-refractivity contribution in [1.82, 2.24) is 0 Å². The van der Waals surface area contributed by atoms with Crippen molar-refractivity contribution in [2.24, 2.45) is 0 Å². The first-order valence-corrected chi connectivity index (χ1v) is 5.15. The molecule has 0 aromatic heterocycles. The number of rotatable bonds is 3. The molecule has 0 unspecified atom stereocenters. The van der Waals surface area contributed by atoms with Crippen molar-refractivity contribution in [2.45, 2.75) is 13.0 Å². The average Bonchev–Trinajstić information content (AvgIpc) is 2.29. The monoisotopic (exact) mass is 251 g/mol. The predicted molar refractivity (Wildman–Crippen MR) is 71.9 cm³/mol. The summed E-state index contributed by atoms with van der Waals surface area (Å²) < 4.78 is 0. The minimum Gasteiger partial charge on any atom is -0.480 e. The normalized spacial score (nSPS) is 11.6. The van der Waals surface area contributed by atoms with Gasteiger partial charge in [0.1, 0.15) is 6.04 Å². The average molecular weight is 252 g/mol. The first kappa shape index (κ1) is 13.3. The Morgan fingerprint density at radius 2 is 1.82 bits per heavy atom. The second-order valence-electron chi connectivity index (χ2n) is 3.73. The fourth-order valence-corrected chi connectivity index (χ4v) is 1.65. The molecule has 0 bridgehead atoms. The number of fused-ring (bicyclic) bond motifs is 1. The van der Waals surface area contributed by atoms with Gasteiger partial charge in [-0.1, -0.05) is 36.4 Å². The van der Waals surface area contributed by atoms with Crippen LogP contribution in [0.5, 0.6) is 0 Å². The molecule has 0 fully saturated rings. The van der Waals surface area contributed by atoms with Crippen LogP contribution in [0.25, 0.3) is 10.8 Å². The summed E-state index contributed by atoms with van der Waals surface area (Å²) in [6.07, 6.45) is 0. The number of hydrogen-bond acceptors (Lipinski definition) is 2. The zero-order valence-corrected chi connectivity index (χ0v) is 10.2. The third-order valence-electron chi connectivity index (χ3n) is 2.53. The van der Waals surface area contributed by atoms with Crippen LogP contribution in [-0.2, 0) is 4.79 Å². The van der Waals surface area contributed by atoms with Gasteiger partial charge in [0.2, 0.25) is 0 Å². The lowest BCUT2D eigenvalue weighted by Gasteiger charge is -2.12. The van der Waals surface area contributed by atoms with E-state index in [4.69, 9.17) is 5.11 Å². The fourth-order valence-electron chi connectivity index (χ4n) is 1.65. The van der Waals surface area contributed by atoms with Crippen LogP contribution in [0.3, 0.4) is 0 Å². The summed E-state index contributed by atoms with van der Waals surface area (Å²) in [7, 11) is 0. The molecule has 1 atom stereocenters. The second kappa shape index (κ2) is 5.55. The van der Waals surface area contributed by atoms with Crippen molar-refractivity contribution in [2.75, 3.05) is 5.32 Å². The summed E-state index contributed by atoms with van der Waals surface area (Å²) in [6, 6.07) is 13.1. The Kier molecular flexibility index (Phi) is 4.35. The highest BCUT2D eigenvalue weighted by Crippen LogP contribution is 2.23. The SMILES string of the molecule is C[C@H](Nc1cccc2ccccc12)C(=O)O.Cl. The van der Waals surface area contributed by atoms with Gasteiger partial charge in [0.15, 0.2) is 0 Å². The van der Waals surface area contributed by atoms with E-state index >= 15 is 0 Å². The van der Waals surface area contributed by atoms with Gasteiger partial charge in [-0.15, -0.1) is 12.4 Å². The summed E-state index contributed by atoms with van der Waals surface area (Å²) in [6.45, 7) is 1.63. The van der Waals surface area contributed by atoms with Gasteiger partial charge in [0.05, 0.1) is 0 Å². The molecule has 2 aromatic carbocycles. The Balaban J connectivity index is 0.00000144. The molecule has 0 heterocycles. The highest BCUT2D eigenvalue weighted by Gasteiger charge is 2.11. The summed E-state index contributed by atoms with van der Waals surface area (Å²) in [5, 5.41) is 14.0. The number of carbonyl (C=O) groups is 1. The molecule has 0 aliphatic carbocycles. The number of benzene rings is 2. The Morgan fingerprint density at radius 3 is 2.53 bits per heavy atom. The highest BCUT2D eigenvalue weighted by molar-refractivity contribution is 5.95. The zero-order chi connectivity index (χ0) is 11.5. The third-order valence-corrected chi connectivity index (χ3v) is 2.53. The van der Waals surface area contributed by atoms with Crippen LogP contribution in [0, 0.1) is 0 Å². The molecule has 4 heteroatoms. The lowest BCUT2D eigenvalue weighted by Crippen LogP contribution is -2.25.